The fourth-order valence-electron chi connectivity index (χ4n) is 1.76. The van der Waals surface area contributed by atoms with Crippen LogP contribution in [-0.4, -0.2) is 29.6 Å². The number of Topliss-reactive ketones (excluding diaryl/α,β-unsaturated/α-hetero) is 1. The second-order valence-electron chi connectivity index (χ2n) is 5.15. The minimum absolute atomic E-state index is 0.0526. The number of nitrogens with zero attached hydrogens (tertiary/aromatic N) is 1. The van der Waals surface area contributed by atoms with Gasteiger partial charge in [-0.1, -0.05) is 12.1 Å². The van der Waals surface area contributed by atoms with E-state index in [1.165, 1.54) is 0 Å². The molecule has 0 aliphatic rings. The molecule has 19 heavy (non-hydrogen) atoms. The van der Waals surface area contributed by atoms with Crippen molar-refractivity contribution in [2.24, 2.45) is 0 Å². The Balaban J connectivity index is 2.45. The molecule has 1 aromatic rings. The van der Waals surface area contributed by atoms with Crippen LogP contribution < -0.4 is 5.32 Å². The largest absolute Gasteiger partial charge is 0.396 e. The predicted molar refractivity (Wildman–Crippen MR) is 73.9 cm³/mol. The Bertz CT molecular complexity index is 458. The monoisotopic (exact) mass is 260 g/mol. The van der Waals surface area contributed by atoms with Gasteiger partial charge >= 0.3 is 0 Å². The first-order valence-electron chi connectivity index (χ1n) is 6.38. The third kappa shape index (κ3) is 5.21. The highest BCUT2D eigenvalue weighted by atomic mass is 16.3. The molecule has 0 spiro atoms. The van der Waals surface area contributed by atoms with Gasteiger partial charge in [-0.25, -0.2) is 0 Å². The number of nitrogens with one attached hydrogen (secondary N) is 1. The van der Waals surface area contributed by atoms with Gasteiger partial charge in [0.25, 0.3) is 0 Å². The molecule has 0 aromatic heterocycles. The van der Waals surface area contributed by atoms with E-state index in [0.29, 0.717) is 30.5 Å². The number of ketones is 1. The molecule has 4 nitrogen and oxygen atoms in total. The van der Waals surface area contributed by atoms with Crippen molar-refractivity contribution in [2.45, 2.75) is 32.2 Å². The summed E-state index contributed by atoms with van der Waals surface area (Å²) in [4.78, 5) is 11.9. The number of carbonyl (C=O) groups is 1. The minimum atomic E-state index is -0.167. The number of rotatable bonds is 7. The highest BCUT2D eigenvalue weighted by Crippen LogP contribution is 2.09. The standard InChI is InChI=1S/C15H20N2O2/c1-15(2,8-10-18)17-9-7-14(19)13-5-3-12(11-16)4-6-13/h3-6,17-18H,7-10H2,1-2H3. The Hall–Kier alpha value is -1.70. The molecule has 1 rings (SSSR count). The first kappa shape index (κ1) is 15.4. The fraction of sp³-hybridized carbons (Fsp3) is 0.467. The SMILES string of the molecule is CC(C)(CCO)NCCC(=O)c1ccc(C#N)cc1. The highest BCUT2D eigenvalue weighted by molar-refractivity contribution is 5.96. The molecule has 0 saturated carbocycles. The molecule has 1 aromatic carbocycles. The summed E-state index contributed by atoms with van der Waals surface area (Å²) < 4.78 is 0. The molecule has 0 amide bonds. The second-order valence-corrected chi connectivity index (χ2v) is 5.15. The van der Waals surface area contributed by atoms with E-state index in [-0.39, 0.29) is 17.9 Å². The van der Waals surface area contributed by atoms with Gasteiger partial charge in [0.1, 0.15) is 0 Å². The molecule has 102 valence electrons. The van der Waals surface area contributed by atoms with Crippen LogP contribution in [0.25, 0.3) is 0 Å². The van der Waals surface area contributed by atoms with Crippen molar-refractivity contribution in [3.8, 4) is 6.07 Å². The summed E-state index contributed by atoms with van der Waals surface area (Å²) in [5, 5.41) is 20.8. The lowest BCUT2D eigenvalue weighted by molar-refractivity contribution is 0.0979. The van der Waals surface area contributed by atoms with Gasteiger partial charge in [-0.2, -0.15) is 5.26 Å². The van der Waals surface area contributed by atoms with Gasteiger partial charge in [-0.15, -0.1) is 0 Å². The molecule has 0 saturated heterocycles. The van der Waals surface area contributed by atoms with Crippen LogP contribution in [0.3, 0.4) is 0 Å². The van der Waals surface area contributed by atoms with E-state index in [1.807, 2.05) is 19.9 Å². The maximum atomic E-state index is 11.9. The smallest absolute Gasteiger partial charge is 0.164 e. The summed E-state index contributed by atoms with van der Waals surface area (Å²) in [6.07, 6.45) is 1.05. The zero-order valence-corrected chi connectivity index (χ0v) is 11.4. The van der Waals surface area contributed by atoms with Crippen LogP contribution in [0.5, 0.6) is 0 Å². The normalized spacial score (nSPS) is 11.1. The van der Waals surface area contributed by atoms with Crippen molar-refractivity contribution in [1.82, 2.24) is 5.32 Å². The lowest BCUT2D eigenvalue weighted by Gasteiger charge is -2.25. The predicted octanol–water partition coefficient (Wildman–Crippen LogP) is 1.88. The van der Waals surface area contributed by atoms with Crippen molar-refractivity contribution >= 4 is 5.78 Å². The van der Waals surface area contributed by atoms with E-state index in [0.717, 1.165) is 0 Å². The molecule has 0 fully saturated rings. The zero-order chi connectivity index (χ0) is 14.3. The summed E-state index contributed by atoms with van der Waals surface area (Å²) in [6, 6.07) is 8.68. The van der Waals surface area contributed by atoms with E-state index in [2.05, 4.69) is 5.32 Å². The average Bonchev–Trinajstić information content (AvgIpc) is 2.38. The van der Waals surface area contributed by atoms with Gasteiger partial charge in [-0.3, -0.25) is 4.79 Å². The van der Waals surface area contributed by atoms with Crippen molar-refractivity contribution in [3.63, 3.8) is 0 Å². The fourth-order valence-corrected chi connectivity index (χ4v) is 1.76. The topological polar surface area (TPSA) is 73.1 Å². The zero-order valence-electron chi connectivity index (χ0n) is 11.4. The quantitative estimate of drug-likeness (QED) is 0.734. The lowest BCUT2D eigenvalue weighted by Crippen LogP contribution is -2.41. The maximum Gasteiger partial charge on any atom is 0.164 e. The average molecular weight is 260 g/mol. The molecule has 4 heteroatoms. The number of carbonyl (C=O) groups excluding carboxylic acids is 1. The number of aliphatic hydroxyl groups excluding tert-OH is 1. The van der Waals surface area contributed by atoms with Crippen LogP contribution in [0.1, 0.15) is 42.6 Å². The van der Waals surface area contributed by atoms with Gasteiger partial charge in [-0.05, 0) is 32.4 Å². The summed E-state index contributed by atoms with van der Waals surface area (Å²) in [7, 11) is 0. The van der Waals surface area contributed by atoms with Crippen molar-refractivity contribution < 1.29 is 9.90 Å². The molecular weight excluding hydrogens is 240 g/mol. The Morgan fingerprint density at radius 1 is 1.37 bits per heavy atom. The van der Waals surface area contributed by atoms with Gasteiger partial charge in [0.15, 0.2) is 5.78 Å². The van der Waals surface area contributed by atoms with E-state index in [9.17, 15) is 4.79 Å². The van der Waals surface area contributed by atoms with E-state index >= 15 is 0 Å². The summed E-state index contributed by atoms with van der Waals surface area (Å²) in [5.41, 5.74) is 1.01. The number of benzene rings is 1. The first-order valence-corrected chi connectivity index (χ1v) is 6.38. The molecule has 0 heterocycles. The number of hydrogen-bond donors (Lipinski definition) is 2. The van der Waals surface area contributed by atoms with Crippen molar-refractivity contribution in [1.29, 1.82) is 5.26 Å². The molecule has 2 N–H and O–H groups in total. The Labute approximate surface area is 114 Å². The molecule has 0 unspecified atom stereocenters. The maximum absolute atomic E-state index is 11.9. The molecule has 0 atom stereocenters. The third-order valence-corrected chi connectivity index (χ3v) is 3.03. The van der Waals surface area contributed by atoms with Gasteiger partial charge < -0.3 is 10.4 Å². The van der Waals surface area contributed by atoms with Crippen LogP contribution >= 0.6 is 0 Å². The van der Waals surface area contributed by atoms with Crippen LogP contribution in [0.15, 0.2) is 24.3 Å². The molecule has 0 radical (unpaired) electrons. The number of nitriles is 1. The Morgan fingerprint density at radius 2 is 2.00 bits per heavy atom. The van der Waals surface area contributed by atoms with Crippen LogP contribution in [0.4, 0.5) is 0 Å². The van der Waals surface area contributed by atoms with E-state index < -0.39 is 0 Å². The third-order valence-electron chi connectivity index (χ3n) is 3.03. The highest BCUT2D eigenvalue weighted by Gasteiger charge is 2.16. The summed E-state index contributed by atoms with van der Waals surface area (Å²) in [6.45, 7) is 4.69. The van der Waals surface area contributed by atoms with Crippen LogP contribution in [-0.2, 0) is 0 Å². The lowest BCUT2D eigenvalue weighted by atomic mass is 10.0. The van der Waals surface area contributed by atoms with Crippen LogP contribution in [0, 0.1) is 11.3 Å². The van der Waals surface area contributed by atoms with Gasteiger partial charge in [0, 0.05) is 30.7 Å². The second kappa shape index (κ2) is 7.03. The first-order chi connectivity index (χ1) is 8.98. The van der Waals surface area contributed by atoms with Crippen molar-refractivity contribution in [2.75, 3.05) is 13.2 Å². The van der Waals surface area contributed by atoms with Crippen molar-refractivity contribution in [3.05, 3.63) is 35.4 Å². The molecule has 0 bridgehead atoms. The summed E-state index contributed by atoms with van der Waals surface area (Å²) in [5.74, 6) is 0.0526. The Morgan fingerprint density at radius 3 is 2.53 bits per heavy atom. The summed E-state index contributed by atoms with van der Waals surface area (Å²) >= 11 is 0. The number of aliphatic hydroxyl groups is 1. The molecular formula is C15H20N2O2. The van der Waals surface area contributed by atoms with Crippen LogP contribution in [0.2, 0.25) is 0 Å². The van der Waals surface area contributed by atoms with Gasteiger partial charge in [0.2, 0.25) is 0 Å². The van der Waals surface area contributed by atoms with E-state index in [4.69, 9.17) is 10.4 Å². The minimum Gasteiger partial charge on any atom is -0.396 e. The van der Waals surface area contributed by atoms with E-state index in [1.54, 1.807) is 24.3 Å². The Kier molecular flexibility index (Phi) is 5.68. The molecule has 0 aliphatic heterocycles. The number of hydrogen-bond acceptors (Lipinski definition) is 4. The molecule has 0 aliphatic carbocycles. The van der Waals surface area contributed by atoms with Gasteiger partial charge in [0.05, 0.1) is 11.6 Å².